The fourth-order valence-electron chi connectivity index (χ4n) is 2.90. The van der Waals surface area contributed by atoms with E-state index < -0.39 is 6.04 Å². The van der Waals surface area contributed by atoms with Crippen LogP contribution in [0.15, 0.2) is 48.5 Å². The molecule has 0 fully saturated rings. The lowest BCUT2D eigenvalue weighted by molar-refractivity contribution is -0.138. The fraction of sp³-hybridized carbons (Fsp3) is 0.391. The topological polar surface area (TPSA) is 58.6 Å². The molecule has 0 aliphatic rings. The lowest BCUT2D eigenvalue weighted by Gasteiger charge is -2.29. The van der Waals surface area contributed by atoms with Crippen LogP contribution in [-0.2, 0) is 21.9 Å². The molecule has 2 aromatic carbocycles. The predicted molar refractivity (Wildman–Crippen MR) is 119 cm³/mol. The van der Waals surface area contributed by atoms with Gasteiger partial charge in [-0.1, -0.05) is 30.3 Å². The number of methoxy groups -OCH3 is 1. The average molecular weight is 433 g/mol. The molecule has 2 aromatic rings. The molecule has 5 nitrogen and oxygen atoms in total. The molecule has 0 aliphatic carbocycles. The number of thioether (sulfide) groups is 1. The van der Waals surface area contributed by atoms with Gasteiger partial charge in [0.05, 0.1) is 12.9 Å². The van der Waals surface area contributed by atoms with E-state index in [1.807, 2.05) is 38.1 Å². The molecule has 0 aliphatic heterocycles. The van der Waals surface area contributed by atoms with Gasteiger partial charge in [-0.15, -0.1) is 11.8 Å². The van der Waals surface area contributed by atoms with Gasteiger partial charge in [0.1, 0.15) is 17.6 Å². The van der Waals surface area contributed by atoms with Gasteiger partial charge in [0.15, 0.2) is 0 Å². The molecule has 0 bridgehead atoms. The van der Waals surface area contributed by atoms with Gasteiger partial charge in [-0.05, 0) is 50.1 Å². The van der Waals surface area contributed by atoms with E-state index in [9.17, 15) is 14.0 Å². The second kappa shape index (κ2) is 11.6. The normalized spacial score (nSPS) is 11.8. The van der Waals surface area contributed by atoms with Crippen molar-refractivity contribution >= 4 is 23.6 Å². The Labute approximate surface area is 182 Å². The quantitative estimate of drug-likeness (QED) is 0.616. The van der Waals surface area contributed by atoms with E-state index >= 15 is 0 Å². The molecule has 0 spiro atoms. The molecule has 0 saturated carbocycles. The summed E-state index contributed by atoms with van der Waals surface area (Å²) in [5.74, 6) is 0.560. The molecule has 0 aromatic heterocycles. The summed E-state index contributed by atoms with van der Waals surface area (Å²) in [6.45, 7) is 5.76. The summed E-state index contributed by atoms with van der Waals surface area (Å²) >= 11 is 1.33. The summed E-state index contributed by atoms with van der Waals surface area (Å²) in [6, 6.07) is 13.3. The number of amides is 2. The highest BCUT2D eigenvalue weighted by molar-refractivity contribution is 7.99. The molecule has 162 valence electrons. The number of halogens is 1. The molecule has 1 unspecified atom stereocenters. The molecule has 0 saturated heterocycles. The zero-order chi connectivity index (χ0) is 22.1. The highest BCUT2D eigenvalue weighted by atomic mass is 32.2. The van der Waals surface area contributed by atoms with Gasteiger partial charge < -0.3 is 15.0 Å². The molecule has 1 N–H and O–H groups in total. The van der Waals surface area contributed by atoms with Crippen molar-refractivity contribution in [2.24, 2.45) is 0 Å². The van der Waals surface area contributed by atoms with Gasteiger partial charge in [0.25, 0.3) is 0 Å². The van der Waals surface area contributed by atoms with Gasteiger partial charge in [0, 0.05) is 18.3 Å². The van der Waals surface area contributed by atoms with Crippen molar-refractivity contribution in [2.75, 3.05) is 12.9 Å². The average Bonchev–Trinajstić information content (AvgIpc) is 2.72. The van der Waals surface area contributed by atoms with Crippen LogP contribution in [0.5, 0.6) is 5.75 Å². The van der Waals surface area contributed by atoms with Gasteiger partial charge in [-0.3, -0.25) is 9.59 Å². The predicted octanol–water partition coefficient (Wildman–Crippen LogP) is 4.01. The number of carbonyl (C=O) groups is 2. The Morgan fingerprint density at radius 2 is 1.87 bits per heavy atom. The first-order valence-electron chi connectivity index (χ1n) is 9.85. The third kappa shape index (κ3) is 7.06. The third-order valence-electron chi connectivity index (χ3n) is 4.53. The van der Waals surface area contributed by atoms with Gasteiger partial charge >= 0.3 is 0 Å². The number of nitrogens with zero attached hydrogens (tertiary/aromatic N) is 1. The molecule has 2 rings (SSSR count). The van der Waals surface area contributed by atoms with E-state index in [4.69, 9.17) is 4.74 Å². The minimum Gasteiger partial charge on any atom is -0.497 e. The summed E-state index contributed by atoms with van der Waals surface area (Å²) in [5.41, 5.74) is 1.42. The van der Waals surface area contributed by atoms with Gasteiger partial charge in [-0.25, -0.2) is 4.39 Å². The van der Waals surface area contributed by atoms with E-state index in [1.54, 1.807) is 37.1 Å². The number of rotatable bonds is 10. The Balaban J connectivity index is 2.11. The molecule has 1 atom stereocenters. The summed E-state index contributed by atoms with van der Waals surface area (Å²) in [4.78, 5) is 27.1. The maximum Gasteiger partial charge on any atom is 0.242 e. The largest absolute Gasteiger partial charge is 0.497 e. The zero-order valence-electron chi connectivity index (χ0n) is 17.9. The highest BCUT2D eigenvalue weighted by Gasteiger charge is 2.26. The first kappa shape index (κ1) is 23.7. The monoisotopic (exact) mass is 432 g/mol. The first-order valence-corrected chi connectivity index (χ1v) is 11.0. The van der Waals surface area contributed by atoms with Crippen LogP contribution in [0.2, 0.25) is 0 Å². The molecule has 2 amide bonds. The number of benzene rings is 2. The number of ether oxygens (including phenoxy) is 1. The van der Waals surface area contributed by atoms with E-state index in [-0.39, 0.29) is 36.0 Å². The number of nitrogens with one attached hydrogen (secondary N) is 1. The maximum absolute atomic E-state index is 13.8. The maximum atomic E-state index is 13.8. The minimum absolute atomic E-state index is 0.0239. The van der Waals surface area contributed by atoms with Crippen molar-refractivity contribution < 1.29 is 18.7 Å². The summed E-state index contributed by atoms with van der Waals surface area (Å²) in [7, 11) is 1.58. The Morgan fingerprint density at radius 1 is 1.13 bits per heavy atom. The van der Waals surface area contributed by atoms with Crippen LogP contribution >= 0.6 is 11.8 Å². The Morgan fingerprint density at radius 3 is 2.53 bits per heavy atom. The van der Waals surface area contributed by atoms with Crippen molar-refractivity contribution in [3.63, 3.8) is 0 Å². The third-order valence-corrected chi connectivity index (χ3v) is 5.49. The smallest absolute Gasteiger partial charge is 0.242 e. The Hall–Kier alpha value is -2.54. The number of hydrogen-bond acceptors (Lipinski definition) is 4. The van der Waals surface area contributed by atoms with E-state index in [0.717, 1.165) is 5.56 Å². The van der Waals surface area contributed by atoms with Crippen molar-refractivity contribution in [3.05, 3.63) is 65.5 Å². The van der Waals surface area contributed by atoms with Gasteiger partial charge in [0.2, 0.25) is 11.8 Å². The summed E-state index contributed by atoms with van der Waals surface area (Å²) < 4.78 is 19.1. The second-order valence-corrected chi connectivity index (χ2v) is 8.28. The lowest BCUT2D eigenvalue weighted by Crippen LogP contribution is -2.49. The van der Waals surface area contributed by atoms with Crippen LogP contribution in [0.3, 0.4) is 0 Å². The first-order chi connectivity index (χ1) is 14.3. The number of carbonyl (C=O) groups excluding carboxylic acids is 2. The van der Waals surface area contributed by atoms with Crippen molar-refractivity contribution in [1.29, 1.82) is 0 Å². The lowest BCUT2D eigenvalue weighted by atomic mass is 10.1. The summed E-state index contributed by atoms with van der Waals surface area (Å²) in [6.07, 6.45) is 0. The molecule has 0 radical (unpaired) electrons. The van der Waals surface area contributed by atoms with E-state index in [1.165, 1.54) is 17.8 Å². The standard InChI is InChI=1S/C23H29FN2O3S/c1-16(2)25-23(28)17(3)26(13-18-8-7-10-20(12-18)29-4)22(27)15-30-14-19-9-5-6-11-21(19)24/h5-12,16-17H,13-15H2,1-4H3,(H,25,28). The molecular weight excluding hydrogens is 403 g/mol. The Kier molecular flexibility index (Phi) is 9.17. The van der Waals surface area contributed by atoms with Gasteiger partial charge in [-0.2, -0.15) is 0 Å². The second-order valence-electron chi connectivity index (χ2n) is 7.30. The Bertz CT molecular complexity index is 860. The SMILES string of the molecule is COc1cccc(CN(C(=O)CSCc2ccccc2F)C(C)C(=O)NC(C)C)c1. The summed E-state index contributed by atoms with van der Waals surface area (Å²) in [5, 5.41) is 2.86. The molecular formula is C23H29FN2O3S. The van der Waals surface area contributed by atoms with Crippen molar-refractivity contribution in [3.8, 4) is 5.75 Å². The van der Waals surface area contributed by atoms with E-state index in [0.29, 0.717) is 17.1 Å². The number of hydrogen-bond donors (Lipinski definition) is 1. The van der Waals surface area contributed by atoms with Crippen molar-refractivity contribution in [2.45, 2.75) is 45.2 Å². The van der Waals surface area contributed by atoms with Crippen LogP contribution in [0.25, 0.3) is 0 Å². The zero-order valence-corrected chi connectivity index (χ0v) is 18.7. The van der Waals surface area contributed by atoms with E-state index in [2.05, 4.69) is 5.32 Å². The van der Waals surface area contributed by atoms with Crippen LogP contribution in [-0.4, -0.2) is 41.7 Å². The fourth-order valence-corrected chi connectivity index (χ4v) is 3.80. The van der Waals surface area contributed by atoms with Crippen LogP contribution in [0.1, 0.15) is 31.9 Å². The van der Waals surface area contributed by atoms with Crippen LogP contribution in [0, 0.1) is 5.82 Å². The van der Waals surface area contributed by atoms with Crippen molar-refractivity contribution in [1.82, 2.24) is 10.2 Å². The highest BCUT2D eigenvalue weighted by Crippen LogP contribution is 2.19. The molecule has 30 heavy (non-hydrogen) atoms. The minimum atomic E-state index is -0.639. The molecule has 0 heterocycles. The molecule has 7 heteroatoms. The van der Waals surface area contributed by atoms with Crippen LogP contribution < -0.4 is 10.1 Å². The van der Waals surface area contributed by atoms with Crippen LogP contribution in [0.4, 0.5) is 4.39 Å².